The number of halogens is 3. The van der Waals surface area contributed by atoms with Gasteiger partial charge in [0, 0.05) is 24.0 Å². The molecule has 168 valence electrons. The number of rotatable bonds is 8. The fourth-order valence-corrected chi connectivity index (χ4v) is 2.71. The smallest absolute Gasteiger partial charge is 0.388 e. The van der Waals surface area contributed by atoms with E-state index in [-0.39, 0.29) is 5.78 Å². The normalized spacial score (nSPS) is 11.7. The molecule has 0 radical (unpaired) electrons. The van der Waals surface area contributed by atoms with Crippen LogP contribution < -0.4 is 5.73 Å². The first kappa shape index (κ1) is 29.2. The average Bonchev–Trinajstić information content (AvgIpc) is 3.04. The average molecular weight is 417 g/mol. The zero-order chi connectivity index (χ0) is 23.0. The van der Waals surface area contributed by atoms with Crippen molar-refractivity contribution in [2.45, 2.75) is 86.2 Å². The summed E-state index contributed by atoms with van der Waals surface area (Å²) in [5, 5.41) is 0. The number of aryl methyl sites for hydroxylation is 1. The third kappa shape index (κ3) is 15.6. The molecule has 0 aliphatic rings. The highest BCUT2D eigenvalue weighted by molar-refractivity contribution is 5.72. The van der Waals surface area contributed by atoms with Crippen LogP contribution in [0.4, 0.5) is 13.2 Å². The monoisotopic (exact) mass is 416 g/mol. The number of nitrogens with one attached hydrogen (secondary N) is 1. The summed E-state index contributed by atoms with van der Waals surface area (Å²) >= 11 is 0. The van der Waals surface area contributed by atoms with Crippen molar-refractivity contribution < 1.29 is 18.0 Å². The van der Waals surface area contributed by atoms with E-state index in [9.17, 15) is 18.0 Å². The summed E-state index contributed by atoms with van der Waals surface area (Å²) in [7, 11) is 0. The van der Waals surface area contributed by atoms with Crippen LogP contribution in [-0.2, 0) is 4.79 Å². The van der Waals surface area contributed by atoms with E-state index in [1.165, 1.54) is 56.4 Å². The first-order valence-corrected chi connectivity index (χ1v) is 10.2. The highest BCUT2D eigenvalue weighted by atomic mass is 19.4. The Balaban J connectivity index is 0. The van der Waals surface area contributed by atoms with Gasteiger partial charge in [0.25, 0.3) is 0 Å². The molecular formula is C23H39F3N2O. The first-order valence-electron chi connectivity index (χ1n) is 10.2. The number of aromatic amines is 1. The molecule has 0 aliphatic carbocycles. The van der Waals surface area contributed by atoms with E-state index in [1.807, 2.05) is 6.20 Å². The van der Waals surface area contributed by atoms with Crippen molar-refractivity contribution in [3.8, 4) is 0 Å². The van der Waals surface area contributed by atoms with Crippen LogP contribution in [0.25, 0.3) is 5.57 Å². The Morgan fingerprint density at radius 1 is 1.21 bits per heavy atom. The van der Waals surface area contributed by atoms with E-state index in [0.717, 1.165) is 19.0 Å². The lowest BCUT2D eigenvalue weighted by Crippen LogP contribution is -2.07. The van der Waals surface area contributed by atoms with Gasteiger partial charge in [0.15, 0.2) is 0 Å². The second-order valence-electron chi connectivity index (χ2n) is 7.20. The van der Waals surface area contributed by atoms with E-state index in [0.29, 0.717) is 5.92 Å². The Labute approximate surface area is 174 Å². The number of ketones is 1. The molecular weight excluding hydrogens is 377 g/mol. The molecule has 0 amide bonds. The lowest BCUT2D eigenvalue weighted by atomic mass is 9.88. The fourth-order valence-electron chi connectivity index (χ4n) is 2.71. The van der Waals surface area contributed by atoms with Gasteiger partial charge in [-0.1, -0.05) is 53.0 Å². The van der Waals surface area contributed by atoms with Crippen LogP contribution in [0.15, 0.2) is 30.6 Å². The van der Waals surface area contributed by atoms with Crippen molar-refractivity contribution in [1.29, 1.82) is 0 Å². The number of carbonyl (C=O) groups is 1. The lowest BCUT2D eigenvalue weighted by molar-refractivity contribution is -0.130. The van der Waals surface area contributed by atoms with Gasteiger partial charge in [-0.25, -0.2) is 0 Å². The number of Topliss-reactive ketones (excluding diaryl/α,β-unsaturated/α-hetero) is 1. The van der Waals surface area contributed by atoms with Crippen LogP contribution in [0.5, 0.6) is 0 Å². The molecule has 0 aliphatic heterocycles. The van der Waals surface area contributed by atoms with E-state index in [1.54, 1.807) is 6.08 Å². The minimum atomic E-state index is -3.96. The van der Waals surface area contributed by atoms with Crippen LogP contribution in [-0.4, -0.2) is 16.9 Å². The van der Waals surface area contributed by atoms with Crippen molar-refractivity contribution in [2.24, 2.45) is 11.7 Å². The summed E-state index contributed by atoms with van der Waals surface area (Å²) in [5.41, 5.74) is 10.6. The highest BCUT2D eigenvalue weighted by Crippen LogP contribution is 2.30. The maximum atomic E-state index is 10.8. The largest absolute Gasteiger partial charge is 0.398 e. The number of aromatic nitrogens is 1. The van der Waals surface area contributed by atoms with Crippen molar-refractivity contribution in [3.05, 3.63) is 41.9 Å². The molecule has 0 saturated carbocycles. The molecule has 3 N–H and O–H groups in total. The Morgan fingerprint density at radius 3 is 1.93 bits per heavy atom. The molecule has 1 aromatic rings. The van der Waals surface area contributed by atoms with Gasteiger partial charge >= 0.3 is 6.18 Å². The molecule has 1 rings (SSSR count). The maximum Gasteiger partial charge on any atom is 0.388 e. The number of hydrogen-bond donors (Lipinski definition) is 2. The van der Waals surface area contributed by atoms with E-state index in [4.69, 9.17) is 5.73 Å². The van der Waals surface area contributed by atoms with Crippen molar-refractivity contribution >= 4 is 11.4 Å². The summed E-state index contributed by atoms with van der Waals surface area (Å²) in [6.07, 6.45) is 5.10. The third-order valence-electron chi connectivity index (χ3n) is 4.11. The molecule has 1 aromatic heterocycles. The molecule has 0 aromatic carbocycles. The number of H-pyrrole nitrogens is 1. The minimum Gasteiger partial charge on any atom is -0.398 e. The molecule has 1 heterocycles. The van der Waals surface area contributed by atoms with E-state index < -0.39 is 12.6 Å². The van der Waals surface area contributed by atoms with Crippen molar-refractivity contribution in [3.63, 3.8) is 0 Å². The third-order valence-corrected chi connectivity index (χ3v) is 4.11. The molecule has 0 atom stereocenters. The molecule has 29 heavy (non-hydrogen) atoms. The van der Waals surface area contributed by atoms with Gasteiger partial charge in [0.1, 0.15) is 5.78 Å². The standard InChI is InChI=1S/C17H28N2.C3H5F3.C3H6O/c1-5-8-14(9-6-2)12-15(16(18)7-3)17-13(4)10-11-19-17;1-2-3(4,5)6;1-3(2)4/h7,10-11,14,19H,3,5-6,8-9,12,18H2,1-2,4H3;2H2,1H3;1-2H3/b16-15+;;. The number of carbonyl (C=O) groups excluding carboxylic acids is 1. The summed E-state index contributed by atoms with van der Waals surface area (Å²) in [4.78, 5) is 12.8. The summed E-state index contributed by atoms with van der Waals surface area (Å²) in [6.45, 7) is 14.6. The van der Waals surface area contributed by atoms with Gasteiger partial charge in [0.05, 0.1) is 0 Å². The van der Waals surface area contributed by atoms with Gasteiger partial charge in [-0.05, 0) is 56.4 Å². The van der Waals surface area contributed by atoms with Crippen LogP contribution in [0.1, 0.15) is 84.4 Å². The highest BCUT2D eigenvalue weighted by Gasteiger charge is 2.22. The van der Waals surface area contributed by atoms with Crippen LogP contribution >= 0.6 is 0 Å². The Hall–Kier alpha value is -1.98. The van der Waals surface area contributed by atoms with Crippen LogP contribution in [0, 0.1) is 12.8 Å². The van der Waals surface area contributed by atoms with Gasteiger partial charge in [-0.15, -0.1) is 0 Å². The summed E-state index contributed by atoms with van der Waals surface area (Å²) in [6, 6.07) is 2.10. The molecule has 0 saturated heterocycles. The van der Waals surface area contributed by atoms with Crippen LogP contribution in [0.3, 0.4) is 0 Å². The van der Waals surface area contributed by atoms with Crippen molar-refractivity contribution in [2.75, 3.05) is 0 Å². The van der Waals surface area contributed by atoms with Crippen LogP contribution in [0.2, 0.25) is 0 Å². The Bertz CT molecular complexity index is 606. The Kier molecular flexibility index (Phi) is 16.0. The number of nitrogens with two attached hydrogens (primary N) is 1. The molecule has 3 nitrogen and oxygen atoms in total. The lowest BCUT2D eigenvalue weighted by Gasteiger charge is -2.19. The molecule has 0 unspecified atom stereocenters. The van der Waals surface area contributed by atoms with Gasteiger partial charge in [0.2, 0.25) is 0 Å². The SMILES string of the molecule is C=C/C(N)=C(/CC(CCC)CCC)c1[nH]ccc1C.CC(C)=O.CCC(F)(F)F. The quantitative estimate of drug-likeness (QED) is 0.436. The molecule has 0 spiro atoms. The first-order chi connectivity index (χ1) is 13.4. The van der Waals surface area contributed by atoms with Gasteiger partial charge in [-0.2, -0.15) is 13.2 Å². The zero-order valence-electron chi connectivity index (χ0n) is 18.9. The van der Waals surface area contributed by atoms with Gasteiger partial charge in [-0.3, -0.25) is 0 Å². The second kappa shape index (κ2) is 15.9. The predicted molar refractivity (Wildman–Crippen MR) is 117 cm³/mol. The number of alkyl halides is 3. The molecule has 0 bridgehead atoms. The van der Waals surface area contributed by atoms with Gasteiger partial charge < -0.3 is 15.5 Å². The van der Waals surface area contributed by atoms with E-state index in [2.05, 4.69) is 38.4 Å². The second-order valence-corrected chi connectivity index (χ2v) is 7.20. The maximum absolute atomic E-state index is 10.8. The predicted octanol–water partition coefficient (Wildman–Crippen LogP) is 7.34. The zero-order valence-corrected chi connectivity index (χ0v) is 18.9. The fraction of sp³-hybridized carbons (Fsp3) is 0.609. The van der Waals surface area contributed by atoms with Crippen molar-refractivity contribution in [1.82, 2.24) is 4.98 Å². The Morgan fingerprint density at radius 2 is 1.66 bits per heavy atom. The molecule has 6 heteroatoms. The summed E-state index contributed by atoms with van der Waals surface area (Å²) in [5.74, 6) is 0.881. The van der Waals surface area contributed by atoms with E-state index >= 15 is 0 Å². The molecule has 0 fully saturated rings. The number of hydrogen-bond acceptors (Lipinski definition) is 2. The number of allylic oxidation sites excluding steroid dienone is 2. The minimum absolute atomic E-state index is 0.167. The summed E-state index contributed by atoms with van der Waals surface area (Å²) < 4.78 is 32.4. The topological polar surface area (TPSA) is 58.9 Å².